The quantitative estimate of drug-likeness (QED) is 0.0767. The topological polar surface area (TPSA) is 146 Å². The Kier molecular flexibility index (Phi) is 15.5. The maximum atomic E-state index is 12.8. The highest BCUT2D eigenvalue weighted by Gasteiger charge is 2.32. The van der Waals surface area contributed by atoms with E-state index in [0.717, 1.165) is 19.3 Å². The maximum absolute atomic E-state index is 12.8. The van der Waals surface area contributed by atoms with Gasteiger partial charge in [-0.1, -0.05) is 31.9 Å². The Morgan fingerprint density at radius 1 is 0.763 bits per heavy atom. The summed E-state index contributed by atoms with van der Waals surface area (Å²) >= 11 is 0. The van der Waals surface area contributed by atoms with Crippen molar-refractivity contribution in [1.82, 2.24) is 10.6 Å². The molecule has 0 heterocycles. The van der Waals surface area contributed by atoms with Gasteiger partial charge in [0.05, 0.1) is 26.2 Å². The molecule has 0 atom stereocenters. The van der Waals surface area contributed by atoms with Gasteiger partial charge in [0.2, 0.25) is 0 Å². The van der Waals surface area contributed by atoms with Crippen LogP contribution in [0.4, 0.5) is 0 Å². The molecule has 0 bridgehead atoms. The molecule has 0 aliphatic rings. The largest absolute Gasteiger partial charge is 0.467 e. The van der Waals surface area contributed by atoms with Crippen molar-refractivity contribution in [3.8, 4) is 5.75 Å². The summed E-state index contributed by atoms with van der Waals surface area (Å²) < 4.78 is 20.1. The fraction of sp³-hybridized carbons (Fsp3) is 0.519. The van der Waals surface area contributed by atoms with Crippen molar-refractivity contribution in [2.24, 2.45) is 0 Å². The van der Waals surface area contributed by atoms with Crippen molar-refractivity contribution in [2.75, 3.05) is 32.9 Å². The van der Waals surface area contributed by atoms with Crippen molar-refractivity contribution >= 4 is 35.8 Å². The molecule has 0 aromatic heterocycles. The lowest BCUT2D eigenvalue weighted by Gasteiger charge is -2.16. The van der Waals surface area contributed by atoms with Crippen LogP contribution in [0.1, 0.15) is 58.9 Å². The van der Waals surface area contributed by atoms with Crippen LogP contribution in [0.15, 0.2) is 29.8 Å². The smallest absolute Gasteiger partial charge is 0.359 e. The molecule has 0 spiro atoms. The summed E-state index contributed by atoms with van der Waals surface area (Å²) in [6, 6.07) is 6.07. The third-order valence-corrected chi connectivity index (χ3v) is 4.92. The number of hydrogen-bond donors (Lipinski definition) is 2. The fourth-order valence-corrected chi connectivity index (χ4v) is 3.09. The highest BCUT2D eigenvalue weighted by atomic mass is 16.6. The minimum atomic E-state index is -1.59. The van der Waals surface area contributed by atoms with Crippen LogP contribution in [-0.4, -0.2) is 68.7 Å². The van der Waals surface area contributed by atoms with E-state index in [0.29, 0.717) is 12.1 Å². The van der Waals surface area contributed by atoms with Crippen LogP contribution in [-0.2, 0) is 38.2 Å². The minimum absolute atomic E-state index is 0.00794. The number of carbonyl (C=O) groups excluding carboxylic acids is 5. The van der Waals surface area contributed by atoms with E-state index in [2.05, 4.69) is 10.6 Å². The zero-order valence-corrected chi connectivity index (χ0v) is 22.5. The SMILES string of the molecule is CCCCCNC(=O)/C(=C\c1ccc(OC(C(=O)OCC)C(=O)OCC)cc1)C(=O)NCCC(=O)OCC. The van der Waals surface area contributed by atoms with E-state index in [9.17, 15) is 24.0 Å². The molecule has 1 aromatic rings. The van der Waals surface area contributed by atoms with Gasteiger partial charge < -0.3 is 29.6 Å². The third-order valence-electron chi connectivity index (χ3n) is 4.92. The zero-order valence-electron chi connectivity index (χ0n) is 22.5. The molecule has 210 valence electrons. The van der Waals surface area contributed by atoms with Gasteiger partial charge in [-0.2, -0.15) is 0 Å². The Morgan fingerprint density at radius 2 is 1.32 bits per heavy atom. The number of carbonyl (C=O) groups is 5. The number of rotatable bonds is 17. The normalized spacial score (nSPS) is 10.9. The summed E-state index contributed by atoms with van der Waals surface area (Å²) in [5, 5.41) is 5.30. The number of hydrogen-bond acceptors (Lipinski definition) is 9. The van der Waals surface area contributed by atoms with Gasteiger partial charge in [-0.15, -0.1) is 0 Å². The average Bonchev–Trinajstić information content (AvgIpc) is 2.89. The number of unbranched alkanes of at least 4 members (excludes halogenated alkanes) is 2. The molecule has 0 saturated carbocycles. The highest BCUT2D eigenvalue weighted by Crippen LogP contribution is 2.17. The Balaban J connectivity index is 3.05. The molecule has 0 fully saturated rings. The van der Waals surface area contributed by atoms with Crippen LogP contribution < -0.4 is 15.4 Å². The maximum Gasteiger partial charge on any atom is 0.359 e. The third kappa shape index (κ3) is 11.9. The van der Waals surface area contributed by atoms with E-state index >= 15 is 0 Å². The van der Waals surface area contributed by atoms with Crippen LogP contribution in [0.3, 0.4) is 0 Å². The van der Waals surface area contributed by atoms with E-state index < -0.39 is 35.8 Å². The Bertz CT molecular complexity index is 940. The molecule has 0 unspecified atom stereocenters. The molecule has 0 saturated heterocycles. The molecule has 11 heteroatoms. The fourth-order valence-electron chi connectivity index (χ4n) is 3.09. The molecule has 1 aromatic carbocycles. The van der Waals surface area contributed by atoms with Crippen molar-refractivity contribution in [3.05, 3.63) is 35.4 Å². The first-order valence-corrected chi connectivity index (χ1v) is 12.8. The Hall–Kier alpha value is -3.89. The van der Waals surface area contributed by atoms with Crippen LogP contribution in [0.2, 0.25) is 0 Å². The monoisotopic (exact) mass is 534 g/mol. The van der Waals surface area contributed by atoms with E-state index in [-0.39, 0.29) is 44.1 Å². The lowest BCUT2D eigenvalue weighted by atomic mass is 10.1. The standard InChI is InChI=1S/C27H38N2O9/c1-5-9-10-16-28-24(31)21(25(32)29-17-15-22(30)35-6-2)18-19-11-13-20(14-12-19)38-23(26(33)36-7-3)27(34)37-8-4/h11-14,18,23H,5-10,15-17H2,1-4H3,(H,28,31)(H,29,32)/b21-18+. The van der Waals surface area contributed by atoms with Crippen LogP contribution in [0.25, 0.3) is 6.08 Å². The molecule has 11 nitrogen and oxygen atoms in total. The second-order valence-corrected chi connectivity index (χ2v) is 7.90. The van der Waals surface area contributed by atoms with Crippen LogP contribution >= 0.6 is 0 Å². The highest BCUT2D eigenvalue weighted by molar-refractivity contribution is 6.21. The lowest BCUT2D eigenvalue weighted by Crippen LogP contribution is -2.38. The summed E-state index contributed by atoms with van der Waals surface area (Å²) in [6.07, 6.45) is 2.46. The van der Waals surface area contributed by atoms with Crippen LogP contribution in [0.5, 0.6) is 5.75 Å². The molecule has 2 N–H and O–H groups in total. The molecule has 38 heavy (non-hydrogen) atoms. The van der Waals surface area contributed by atoms with Crippen LogP contribution in [0, 0.1) is 0 Å². The summed E-state index contributed by atoms with van der Waals surface area (Å²) in [4.78, 5) is 61.4. The van der Waals surface area contributed by atoms with Gasteiger partial charge in [0.15, 0.2) is 0 Å². The molecule has 0 aliphatic carbocycles. The van der Waals surface area contributed by atoms with Crippen molar-refractivity contribution in [2.45, 2.75) is 59.5 Å². The molecular formula is C27H38N2O9. The van der Waals surface area contributed by atoms with Gasteiger partial charge in [0.25, 0.3) is 17.9 Å². The number of amides is 2. The Morgan fingerprint density at radius 3 is 1.84 bits per heavy atom. The van der Waals surface area contributed by atoms with Gasteiger partial charge in [0, 0.05) is 13.1 Å². The molecule has 0 aliphatic heterocycles. The van der Waals surface area contributed by atoms with E-state index in [1.165, 1.54) is 18.2 Å². The lowest BCUT2D eigenvalue weighted by molar-refractivity contribution is -0.166. The van der Waals surface area contributed by atoms with E-state index in [1.54, 1.807) is 32.9 Å². The molecule has 1 rings (SSSR count). The predicted octanol–water partition coefficient (Wildman–Crippen LogP) is 2.32. The Labute approximate surface area is 223 Å². The first kappa shape index (κ1) is 32.1. The summed E-state index contributed by atoms with van der Waals surface area (Å²) in [7, 11) is 0. The first-order chi connectivity index (χ1) is 18.3. The van der Waals surface area contributed by atoms with E-state index in [4.69, 9.17) is 18.9 Å². The van der Waals surface area contributed by atoms with Crippen molar-refractivity contribution in [1.29, 1.82) is 0 Å². The van der Waals surface area contributed by atoms with Gasteiger partial charge >= 0.3 is 17.9 Å². The number of esters is 3. The molecule has 0 radical (unpaired) electrons. The number of ether oxygens (including phenoxy) is 4. The van der Waals surface area contributed by atoms with Crippen molar-refractivity contribution < 1.29 is 42.9 Å². The van der Waals surface area contributed by atoms with E-state index in [1.807, 2.05) is 6.92 Å². The predicted molar refractivity (Wildman–Crippen MR) is 139 cm³/mol. The van der Waals surface area contributed by atoms with Gasteiger partial charge in [-0.25, -0.2) is 9.59 Å². The summed E-state index contributed by atoms with van der Waals surface area (Å²) in [5.74, 6) is -3.24. The second kappa shape index (κ2) is 18.4. The number of nitrogens with one attached hydrogen (secondary N) is 2. The van der Waals surface area contributed by atoms with Gasteiger partial charge in [-0.3, -0.25) is 14.4 Å². The second-order valence-electron chi connectivity index (χ2n) is 7.90. The van der Waals surface area contributed by atoms with Gasteiger partial charge in [0.1, 0.15) is 11.3 Å². The average molecular weight is 535 g/mol. The van der Waals surface area contributed by atoms with Gasteiger partial charge in [-0.05, 0) is 51.0 Å². The summed E-state index contributed by atoms with van der Waals surface area (Å²) in [5.41, 5.74) is 0.343. The zero-order chi connectivity index (χ0) is 28.3. The molecule has 2 amide bonds. The first-order valence-electron chi connectivity index (χ1n) is 12.8. The minimum Gasteiger partial charge on any atom is -0.467 e. The molecular weight excluding hydrogens is 496 g/mol. The summed E-state index contributed by atoms with van der Waals surface area (Å²) in [6.45, 7) is 7.71. The van der Waals surface area contributed by atoms with Crippen molar-refractivity contribution in [3.63, 3.8) is 0 Å². The number of benzene rings is 1.